The Morgan fingerprint density at radius 3 is 2.41 bits per heavy atom. The highest BCUT2D eigenvalue weighted by Crippen LogP contribution is 2.26. The summed E-state index contributed by atoms with van der Waals surface area (Å²) in [4.78, 5) is 15.1. The largest absolute Gasteiger partial charge is 0.308 e. The van der Waals surface area contributed by atoms with E-state index in [2.05, 4.69) is 0 Å². The van der Waals surface area contributed by atoms with E-state index in [-0.39, 0.29) is 18.4 Å². The Morgan fingerprint density at radius 1 is 1.11 bits per heavy atom. The summed E-state index contributed by atoms with van der Waals surface area (Å²) in [6, 6.07) is 17.7. The molecular formula is C21H26N2O3S. The van der Waals surface area contributed by atoms with Crippen LogP contribution in [0.5, 0.6) is 0 Å². The van der Waals surface area contributed by atoms with Crippen molar-refractivity contribution in [2.75, 3.05) is 24.2 Å². The van der Waals surface area contributed by atoms with Crippen LogP contribution in [0.1, 0.15) is 24.0 Å². The molecule has 6 heteroatoms. The lowest BCUT2D eigenvalue weighted by molar-refractivity contribution is -0.123. The van der Waals surface area contributed by atoms with Gasteiger partial charge < -0.3 is 4.90 Å². The van der Waals surface area contributed by atoms with Gasteiger partial charge >= 0.3 is 0 Å². The molecule has 1 unspecified atom stereocenters. The Morgan fingerprint density at radius 2 is 1.78 bits per heavy atom. The molecule has 0 N–H and O–H groups in total. The van der Waals surface area contributed by atoms with Gasteiger partial charge in [-0.25, -0.2) is 12.7 Å². The number of carbonyl (C=O) groups excluding carboxylic acids is 1. The molecule has 2 aromatic rings. The van der Waals surface area contributed by atoms with Gasteiger partial charge in [-0.3, -0.25) is 4.79 Å². The number of carbonyl (C=O) groups is 1. The van der Waals surface area contributed by atoms with E-state index in [1.807, 2.05) is 61.5 Å². The molecule has 1 saturated heterocycles. The summed E-state index contributed by atoms with van der Waals surface area (Å²) in [5, 5.41) is 0. The minimum atomic E-state index is -3.28. The molecule has 0 saturated carbocycles. The highest BCUT2D eigenvalue weighted by molar-refractivity contribution is 7.88. The first-order valence-corrected chi connectivity index (χ1v) is 11.1. The van der Waals surface area contributed by atoms with Crippen LogP contribution < -0.4 is 4.90 Å². The van der Waals surface area contributed by atoms with E-state index < -0.39 is 10.0 Å². The Balaban J connectivity index is 1.87. The van der Waals surface area contributed by atoms with Crippen LogP contribution in [-0.2, 0) is 21.4 Å². The van der Waals surface area contributed by atoms with Gasteiger partial charge in [0.15, 0.2) is 0 Å². The first-order valence-electron chi connectivity index (χ1n) is 9.21. The monoisotopic (exact) mass is 386 g/mol. The SMILES string of the molecule is Cc1ccc(N(Cc2ccccc2)C(=O)C2CCCN(S(C)(=O)=O)C2)cc1. The third-order valence-electron chi connectivity index (χ3n) is 5.00. The van der Waals surface area contributed by atoms with Crippen LogP contribution in [0.2, 0.25) is 0 Å². The molecule has 0 aromatic heterocycles. The third kappa shape index (κ3) is 4.96. The number of aryl methyl sites for hydroxylation is 1. The molecule has 0 radical (unpaired) electrons. The van der Waals surface area contributed by atoms with Crippen LogP contribution in [0, 0.1) is 12.8 Å². The minimum absolute atomic E-state index is 0.0175. The van der Waals surface area contributed by atoms with E-state index in [1.165, 1.54) is 10.6 Å². The summed E-state index contributed by atoms with van der Waals surface area (Å²) in [6.07, 6.45) is 2.63. The minimum Gasteiger partial charge on any atom is -0.308 e. The van der Waals surface area contributed by atoms with Gasteiger partial charge in [0.1, 0.15) is 0 Å². The highest BCUT2D eigenvalue weighted by Gasteiger charge is 2.33. The number of anilines is 1. The molecule has 1 fully saturated rings. The van der Waals surface area contributed by atoms with Gasteiger partial charge in [0, 0.05) is 18.8 Å². The average molecular weight is 387 g/mol. The molecule has 1 heterocycles. The maximum absolute atomic E-state index is 13.4. The summed E-state index contributed by atoms with van der Waals surface area (Å²) < 4.78 is 25.3. The van der Waals surface area contributed by atoms with Gasteiger partial charge in [-0.2, -0.15) is 0 Å². The van der Waals surface area contributed by atoms with Crippen LogP contribution in [0.15, 0.2) is 54.6 Å². The van der Waals surface area contributed by atoms with E-state index in [0.717, 1.165) is 16.8 Å². The zero-order chi connectivity index (χ0) is 19.4. The third-order valence-corrected chi connectivity index (χ3v) is 6.27. The topological polar surface area (TPSA) is 57.7 Å². The average Bonchev–Trinajstić information content (AvgIpc) is 2.67. The van der Waals surface area contributed by atoms with Gasteiger partial charge in [0.05, 0.1) is 18.7 Å². The molecule has 1 aliphatic rings. The number of hydrogen-bond acceptors (Lipinski definition) is 3. The van der Waals surface area contributed by atoms with Crippen molar-refractivity contribution in [3.8, 4) is 0 Å². The predicted molar refractivity (Wildman–Crippen MR) is 108 cm³/mol. The van der Waals surface area contributed by atoms with Crippen LogP contribution >= 0.6 is 0 Å². The van der Waals surface area contributed by atoms with E-state index in [9.17, 15) is 13.2 Å². The normalized spacial score (nSPS) is 18.2. The zero-order valence-electron chi connectivity index (χ0n) is 15.8. The Kier molecular flexibility index (Phi) is 5.97. The second kappa shape index (κ2) is 8.23. The van der Waals surface area contributed by atoms with Gasteiger partial charge in [-0.05, 0) is 37.5 Å². The fourth-order valence-electron chi connectivity index (χ4n) is 3.45. The number of piperidine rings is 1. The lowest BCUT2D eigenvalue weighted by Crippen LogP contribution is -2.46. The number of benzene rings is 2. The Hall–Kier alpha value is -2.18. The molecule has 0 aliphatic carbocycles. The maximum atomic E-state index is 13.4. The smallest absolute Gasteiger partial charge is 0.231 e. The van der Waals surface area contributed by atoms with Crippen molar-refractivity contribution in [2.45, 2.75) is 26.3 Å². The van der Waals surface area contributed by atoms with Gasteiger partial charge in [-0.15, -0.1) is 0 Å². The Labute approximate surface area is 161 Å². The van der Waals surface area contributed by atoms with E-state index in [4.69, 9.17) is 0 Å². The van der Waals surface area contributed by atoms with Crippen LogP contribution in [0.4, 0.5) is 5.69 Å². The number of nitrogens with zero attached hydrogens (tertiary/aromatic N) is 2. The van der Waals surface area contributed by atoms with Crippen molar-refractivity contribution < 1.29 is 13.2 Å². The molecule has 1 amide bonds. The van der Waals surface area contributed by atoms with E-state index >= 15 is 0 Å². The predicted octanol–water partition coefficient (Wildman–Crippen LogP) is 3.20. The van der Waals surface area contributed by atoms with E-state index in [0.29, 0.717) is 25.9 Å². The van der Waals surface area contributed by atoms with Crippen molar-refractivity contribution in [1.29, 1.82) is 0 Å². The fraction of sp³-hybridized carbons (Fsp3) is 0.381. The molecular weight excluding hydrogens is 360 g/mol. The summed E-state index contributed by atoms with van der Waals surface area (Å²) in [5.41, 5.74) is 3.01. The molecule has 0 bridgehead atoms. The van der Waals surface area contributed by atoms with Crippen molar-refractivity contribution in [2.24, 2.45) is 5.92 Å². The molecule has 1 aliphatic heterocycles. The fourth-order valence-corrected chi connectivity index (χ4v) is 4.36. The quantitative estimate of drug-likeness (QED) is 0.793. The number of amides is 1. The van der Waals surface area contributed by atoms with Crippen LogP contribution in [-0.4, -0.2) is 38.0 Å². The molecule has 2 aromatic carbocycles. The molecule has 5 nitrogen and oxygen atoms in total. The van der Waals surface area contributed by atoms with Crippen molar-refractivity contribution in [1.82, 2.24) is 4.31 Å². The summed E-state index contributed by atoms with van der Waals surface area (Å²) in [6.45, 7) is 3.23. The lowest BCUT2D eigenvalue weighted by Gasteiger charge is -2.34. The molecule has 0 spiro atoms. The van der Waals surface area contributed by atoms with Crippen molar-refractivity contribution in [3.63, 3.8) is 0 Å². The molecule has 3 rings (SSSR count). The van der Waals surface area contributed by atoms with Crippen LogP contribution in [0.3, 0.4) is 0 Å². The van der Waals surface area contributed by atoms with E-state index in [1.54, 1.807) is 4.90 Å². The van der Waals surface area contributed by atoms with Gasteiger partial charge in [0.2, 0.25) is 15.9 Å². The maximum Gasteiger partial charge on any atom is 0.231 e. The summed E-state index contributed by atoms with van der Waals surface area (Å²) in [7, 11) is -3.28. The Bertz CT molecular complexity index is 879. The first kappa shape index (κ1) is 19.6. The lowest BCUT2D eigenvalue weighted by atomic mass is 9.97. The number of hydrogen-bond donors (Lipinski definition) is 0. The second-order valence-electron chi connectivity index (χ2n) is 7.21. The van der Waals surface area contributed by atoms with Crippen molar-refractivity contribution in [3.05, 3.63) is 65.7 Å². The van der Waals surface area contributed by atoms with Gasteiger partial charge in [0.25, 0.3) is 0 Å². The van der Waals surface area contributed by atoms with Gasteiger partial charge in [-0.1, -0.05) is 48.0 Å². The summed E-state index contributed by atoms with van der Waals surface area (Å²) in [5.74, 6) is -0.338. The number of rotatable bonds is 5. The molecule has 144 valence electrons. The van der Waals surface area contributed by atoms with Crippen LogP contribution in [0.25, 0.3) is 0 Å². The molecule has 1 atom stereocenters. The number of sulfonamides is 1. The second-order valence-corrected chi connectivity index (χ2v) is 9.19. The standard InChI is InChI=1S/C21H26N2O3S/c1-17-10-12-20(13-11-17)23(15-18-7-4-3-5-8-18)21(24)19-9-6-14-22(16-19)27(2,25)26/h3-5,7-8,10-13,19H,6,9,14-16H2,1-2H3. The zero-order valence-corrected chi connectivity index (χ0v) is 16.7. The first-order chi connectivity index (χ1) is 12.8. The van der Waals surface area contributed by atoms with Crippen molar-refractivity contribution >= 4 is 21.6 Å². The highest BCUT2D eigenvalue weighted by atomic mass is 32.2. The summed E-state index contributed by atoms with van der Waals surface area (Å²) >= 11 is 0. The molecule has 27 heavy (non-hydrogen) atoms.